The van der Waals surface area contributed by atoms with Gasteiger partial charge in [0.05, 0.1) is 12.1 Å². The molecule has 0 saturated heterocycles. The van der Waals surface area contributed by atoms with Crippen LogP contribution in [0.25, 0.3) is 0 Å². The average molecular weight is 319 g/mol. The van der Waals surface area contributed by atoms with E-state index in [2.05, 4.69) is 5.32 Å². The van der Waals surface area contributed by atoms with Gasteiger partial charge in [-0.25, -0.2) is 4.79 Å². The fourth-order valence-corrected chi connectivity index (χ4v) is 2.44. The van der Waals surface area contributed by atoms with Gasteiger partial charge in [-0.1, -0.05) is 29.3 Å². The number of urea groups is 1. The minimum atomic E-state index is -0.919. The van der Waals surface area contributed by atoms with Gasteiger partial charge in [0.2, 0.25) is 0 Å². The number of nitrogens with zero attached hydrogens (tertiary/aromatic N) is 1. The van der Waals surface area contributed by atoms with Crippen molar-refractivity contribution in [3.05, 3.63) is 33.8 Å². The predicted molar refractivity (Wildman–Crippen MR) is 82.5 cm³/mol. The SMILES string of the molecule is CN(CC(C)(C)O)C(=O)NCCc1c(Cl)cccc1Cl. The molecule has 2 amide bonds. The van der Waals surface area contributed by atoms with Crippen LogP contribution >= 0.6 is 23.2 Å². The topological polar surface area (TPSA) is 52.6 Å². The molecule has 0 aliphatic rings. The molecule has 0 unspecified atom stereocenters. The first-order chi connectivity index (χ1) is 9.20. The van der Waals surface area contributed by atoms with Gasteiger partial charge >= 0.3 is 6.03 Å². The summed E-state index contributed by atoms with van der Waals surface area (Å²) < 4.78 is 0. The summed E-state index contributed by atoms with van der Waals surface area (Å²) in [6, 6.07) is 5.08. The van der Waals surface area contributed by atoms with E-state index in [4.69, 9.17) is 23.2 Å². The lowest BCUT2D eigenvalue weighted by Gasteiger charge is -2.25. The monoisotopic (exact) mass is 318 g/mol. The Bertz CT molecular complexity index is 452. The van der Waals surface area contributed by atoms with Crippen LogP contribution in [0.1, 0.15) is 19.4 Å². The van der Waals surface area contributed by atoms with Crippen LogP contribution in [0, 0.1) is 0 Å². The third kappa shape index (κ3) is 5.57. The Hall–Kier alpha value is -0.970. The van der Waals surface area contributed by atoms with Gasteiger partial charge in [0.25, 0.3) is 0 Å². The van der Waals surface area contributed by atoms with E-state index in [1.807, 2.05) is 0 Å². The quantitative estimate of drug-likeness (QED) is 0.877. The first-order valence-corrected chi connectivity index (χ1v) is 7.10. The van der Waals surface area contributed by atoms with E-state index in [-0.39, 0.29) is 12.6 Å². The second kappa shape index (κ2) is 7.16. The van der Waals surface area contributed by atoms with E-state index in [0.717, 1.165) is 5.56 Å². The fourth-order valence-electron chi connectivity index (χ4n) is 1.85. The van der Waals surface area contributed by atoms with E-state index in [0.29, 0.717) is 23.0 Å². The smallest absolute Gasteiger partial charge is 0.317 e. The molecule has 112 valence electrons. The van der Waals surface area contributed by atoms with Crippen molar-refractivity contribution < 1.29 is 9.90 Å². The standard InChI is InChI=1S/C14H20Cl2N2O2/c1-14(2,20)9-18(3)13(19)17-8-7-10-11(15)5-4-6-12(10)16/h4-6,20H,7-9H2,1-3H3,(H,17,19). The van der Waals surface area contributed by atoms with Crippen LogP contribution in [0.4, 0.5) is 4.79 Å². The molecule has 1 aromatic carbocycles. The summed E-state index contributed by atoms with van der Waals surface area (Å²) in [6.07, 6.45) is 0.556. The third-order valence-electron chi connectivity index (χ3n) is 2.68. The van der Waals surface area contributed by atoms with Gasteiger partial charge in [0.15, 0.2) is 0 Å². The van der Waals surface area contributed by atoms with Crippen molar-refractivity contribution in [2.75, 3.05) is 20.1 Å². The minimum Gasteiger partial charge on any atom is -0.389 e. The number of likely N-dealkylation sites (N-methyl/N-ethyl adjacent to an activating group) is 1. The highest BCUT2D eigenvalue weighted by molar-refractivity contribution is 6.35. The zero-order valence-corrected chi connectivity index (χ0v) is 13.4. The molecule has 4 nitrogen and oxygen atoms in total. The summed E-state index contributed by atoms with van der Waals surface area (Å²) in [5.41, 5.74) is -0.0979. The van der Waals surface area contributed by atoms with Gasteiger partial charge in [-0.2, -0.15) is 0 Å². The number of amides is 2. The number of carbonyl (C=O) groups is 1. The summed E-state index contributed by atoms with van der Waals surface area (Å²) in [5.74, 6) is 0. The third-order valence-corrected chi connectivity index (χ3v) is 3.39. The molecule has 0 fully saturated rings. The highest BCUT2D eigenvalue weighted by Gasteiger charge is 2.19. The molecule has 0 atom stereocenters. The van der Waals surface area contributed by atoms with E-state index in [1.54, 1.807) is 39.1 Å². The maximum Gasteiger partial charge on any atom is 0.317 e. The Morgan fingerprint density at radius 3 is 2.40 bits per heavy atom. The maximum atomic E-state index is 11.8. The summed E-state index contributed by atoms with van der Waals surface area (Å²) in [6.45, 7) is 3.99. The molecule has 0 saturated carbocycles. The van der Waals surface area contributed by atoms with Gasteiger partial charge in [0.1, 0.15) is 0 Å². The number of nitrogens with one attached hydrogen (secondary N) is 1. The summed E-state index contributed by atoms with van der Waals surface area (Å²) >= 11 is 12.1. The number of hydrogen-bond donors (Lipinski definition) is 2. The molecule has 0 radical (unpaired) electrons. The molecule has 0 spiro atoms. The number of aliphatic hydroxyl groups is 1. The Kier molecular flexibility index (Phi) is 6.11. The molecule has 0 aromatic heterocycles. The Morgan fingerprint density at radius 2 is 1.90 bits per heavy atom. The van der Waals surface area contributed by atoms with Crippen LogP contribution in [0.2, 0.25) is 10.0 Å². The van der Waals surface area contributed by atoms with Crippen molar-refractivity contribution in [1.29, 1.82) is 0 Å². The van der Waals surface area contributed by atoms with Gasteiger partial charge in [-0.15, -0.1) is 0 Å². The highest BCUT2D eigenvalue weighted by atomic mass is 35.5. The molecular formula is C14H20Cl2N2O2. The van der Waals surface area contributed by atoms with Crippen molar-refractivity contribution in [2.45, 2.75) is 25.9 Å². The summed E-state index contributed by atoms with van der Waals surface area (Å²) in [5, 5.41) is 13.6. The molecule has 0 aliphatic carbocycles. The van der Waals surface area contributed by atoms with Crippen molar-refractivity contribution in [3.8, 4) is 0 Å². The first-order valence-electron chi connectivity index (χ1n) is 6.35. The lowest BCUT2D eigenvalue weighted by Crippen LogP contribution is -2.45. The van der Waals surface area contributed by atoms with E-state index in [9.17, 15) is 9.90 Å². The second-order valence-corrected chi connectivity index (χ2v) is 6.17. The van der Waals surface area contributed by atoms with Crippen LogP contribution < -0.4 is 5.32 Å². The minimum absolute atomic E-state index is 0.240. The van der Waals surface area contributed by atoms with Crippen LogP contribution in [0.15, 0.2) is 18.2 Å². The largest absolute Gasteiger partial charge is 0.389 e. The molecule has 6 heteroatoms. The molecule has 1 rings (SSSR count). The van der Waals surface area contributed by atoms with Crippen molar-refractivity contribution in [1.82, 2.24) is 10.2 Å². The number of hydrogen-bond acceptors (Lipinski definition) is 2. The summed E-state index contributed by atoms with van der Waals surface area (Å²) in [4.78, 5) is 13.3. The average Bonchev–Trinajstić information content (AvgIpc) is 2.30. The lowest BCUT2D eigenvalue weighted by atomic mass is 10.1. The van der Waals surface area contributed by atoms with E-state index >= 15 is 0 Å². The predicted octanol–water partition coefficient (Wildman–Crippen LogP) is 2.95. The normalized spacial score (nSPS) is 11.3. The van der Waals surface area contributed by atoms with Crippen LogP contribution in [-0.4, -0.2) is 41.8 Å². The second-order valence-electron chi connectivity index (χ2n) is 5.35. The number of halogens is 2. The molecule has 0 heterocycles. The van der Waals surface area contributed by atoms with E-state index < -0.39 is 5.60 Å². The Morgan fingerprint density at radius 1 is 1.35 bits per heavy atom. The zero-order valence-electron chi connectivity index (χ0n) is 11.9. The van der Waals surface area contributed by atoms with Gasteiger partial charge in [0, 0.05) is 23.6 Å². The Balaban J connectivity index is 2.46. The van der Waals surface area contributed by atoms with Crippen LogP contribution in [0.5, 0.6) is 0 Å². The number of benzene rings is 1. The fraction of sp³-hybridized carbons (Fsp3) is 0.500. The van der Waals surface area contributed by atoms with Crippen molar-refractivity contribution in [2.24, 2.45) is 0 Å². The zero-order chi connectivity index (χ0) is 15.3. The van der Waals surface area contributed by atoms with Crippen molar-refractivity contribution in [3.63, 3.8) is 0 Å². The molecule has 20 heavy (non-hydrogen) atoms. The first kappa shape index (κ1) is 17.1. The Labute approximate surface area is 129 Å². The molecule has 0 bridgehead atoms. The molecule has 2 N–H and O–H groups in total. The van der Waals surface area contributed by atoms with E-state index in [1.165, 1.54) is 4.90 Å². The van der Waals surface area contributed by atoms with Crippen LogP contribution in [0.3, 0.4) is 0 Å². The number of carbonyl (C=O) groups excluding carboxylic acids is 1. The van der Waals surface area contributed by atoms with Crippen LogP contribution in [-0.2, 0) is 6.42 Å². The molecule has 0 aliphatic heterocycles. The molecule has 1 aromatic rings. The van der Waals surface area contributed by atoms with Gasteiger partial charge in [-0.3, -0.25) is 0 Å². The number of rotatable bonds is 5. The lowest BCUT2D eigenvalue weighted by molar-refractivity contribution is 0.0532. The summed E-state index contributed by atoms with van der Waals surface area (Å²) in [7, 11) is 1.63. The van der Waals surface area contributed by atoms with Crippen molar-refractivity contribution >= 4 is 29.2 Å². The highest BCUT2D eigenvalue weighted by Crippen LogP contribution is 2.24. The van der Waals surface area contributed by atoms with Gasteiger partial charge in [-0.05, 0) is 38.0 Å². The molecular weight excluding hydrogens is 299 g/mol. The maximum absolute atomic E-state index is 11.8. The van der Waals surface area contributed by atoms with Gasteiger partial charge < -0.3 is 15.3 Å².